The van der Waals surface area contributed by atoms with Crippen molar-refractivity contribution >= 4 is 24.0 Å². The van der Waals surface area contributed by atoms with Gasteiger partial charge in [-0.1, -0.05) is 19.9 Å². The van der Waals surface area contributed by atoms with Crippen molar-refractivity contribution in [3.05, 3.63) is 41.2 Å². The number of amides is 3. The molecule has 0 atom stereocenters. The summed E-state index contributed by atoms with van der Waals surface area (Å²) in [4.78, 5) is 35.1. The first-order chi connectivity index (χ1) is 13.2. The zero-order valence-corrected chi connectivity index (χ0v) is 16.7. The molecule has 150 valence electrons. The maximum absolute atomic E-state index is 12.1. The third-order valence-corrected chi connectivity index (χ3v) is 3.79. The Bertz CT molecular complexity index is 828. The maximum atomic E-state index is 12.1. The molecule has 8 nitrogen and oxygen atoms in total. The molecule has 1 aromatic heterocycles. The van der Waals surface area contributed by atoms with Crippen molar-refractivity contribution in [3.63, 3.8) is 0 Å². The van der Waals surface area contributed by atoms with Crippen LogP contribution in [0.25, 0.3) is 6.08 Å². The number of hydrogen-bond acceptors (Lipinski definition) is 5. The van der Waals surface area contributed by atoms with Crippen molar-refractivity contribution in [2.75, 3.05) is 13.2 Å². The van der Waals surface area contributed by atoms with E-state index in [1.165, 1.54) is 12.2 Å². The molecule has 0 spiro atoms. The fourth-order valence-corrected chi connectivity index (χ4v) is 2.49. The molecule has 0 aliphatic rings. The molecule has 0 unspecified atom stereocenters. The molecule has 8 heteroatoms. The lowest BCUT2D eigenvalue weighted by Crippen LogP contribution is -2.41. The Morgan fingerprint density at radius 1 is 1.36 bits per heavy atom. The van der Waals surface area contributed by atoms with Gasteiger partial charge in [-0.15, -0.1) is 6.58 Å². The molecular weight excluding hydrogens is 360 g/mol. The molecule has 1 rings (SSSR count). The summed E-state index contributed by atoms with van der Waals surface area (Å²) in [5.41, 5.74) is 2.46. The van der Waals surface area contributed by atoms with Crippen LogP contribution in [-0.2, 0) is 20.9 Å². The van der Waals surface area contributed by atoms with Crippen molar-refractivity contribution in [3.8, 4) is 6.07 Å². The normalized spacial score (nSPS) is 10.9. The van der Waals surface area contributed by atoms with E-state index in [1.807, 2.05) is 25.2 Å². The van der Waals surface area contributed by atoms with Gasteiger partial charge in [-0.3, -0.25) is 10.1 Å². The van der Waals surface area contributed by atoms with Crippen molar-refractivity contribution in [2.45, 2.75) is 34.2 Å². The summed E-state index contributed by atoms with van der Waals surface area (Å²) in [6.07, 6.45) is 2.89. The van der Waals surface area contributed by atoms with E-state index in [-0.39, 0.29) is 12.1 Å². The second-order valence-electron chi connectivity index (χ2n) is 6.62. The molecule has 0 aromatic carbocycles. The summed E-state index contributed by atoms with van der Waals surface area (Å²) in [5.74, 6) is -1.29. The lowest BCUT2D eigenvalue weighted by molar-refractivity contribution is -0.144. The van der Waals surface area contributed by atoms with Crippen molar-refractivity contribution in [2.24, 2.45) is 5.92 Å². The van der Waals surface area contributed by atoms with Crippen molar-refractivity contribution in [1.29, 1.82) is 5.26 Å². The van der Waals surface area contributed by atoms with Gasteiger partial charge in [0.05, 0.1) is 0 Å². The molecule has 0 fully saturated rings. The minimum Gasteiger partial charge on any atom is -0.451 e. The second kappa shape index (κ2) is 10.7. The Morgan fingerprint density at radius 2 is 2.04 bits per heavy atom. The average Bonchev–Trinajstić information content (AvgIpc) is 2.89. The number of ether oxygens (including phenoxy) is 1. The van der Waals surface area contributed by atoms with Crippen molar-refractivity contribution in [1.82, 2.24) is 15.2 Å². The highest BCUT2D eigenvalue weighted by Crippen LogP contribution is 2.20. The molecule has 1 heterocycles. The van der Waals surface area contributed by atoms with E-state index >= 15 is 0 Å². The van der Waals surface area contributed by atoms with Crippen LogP contribution in [-0.4, -0.2) is 35.6 Å². The Morgan fingerprint density at radius 3 is 2.61 bits per heavy atom. The summed E-state index contributed by atoms with van der Waals surface area (Å²) >= 11 is 0. The SMILES string of the molecule is C=CCNC(=O)NC(=O)COC(=O)C(C#N)=Cc1cc(C)n(CC(C)C)c1C. The first-order valence-corrected chi connectivity index (χ1v) is 8.83. The number of urea groups is 1. The van der Waals surface area contributed by atoms with E-state index in [1.54, 1.807) is 6.07 Å². The number of nitrogens with zero attached hydrogens (tertiary/aromatic N) is 2. The molecule has 28 heavy (non-hydrogen) atoms. The maximum Gasteiger partial charge on any atom is 0.349 e. The minimum absolute atomic E-state index is 0.190. The second-order valence-corrected chi connectivity index (χ2v) is 6.62. The quantitative estimate of drug-likeness (QED) is 0.308. The van der Waals surface area contributed by atoms with E-state index < -0.39 is 24.5 Å². The van der Waals surface area contributed by atoms with Gasteiger partial charge in [0.25, 0.3) is 5.91 Å². The van der Waals surface area contributed by atoms with Crippen LogP contribution in [0, 0.1) is 31.1 Å². The molecule has 1 aromatic rings. The van der Waals surface area contributed by atoms with Gasteiger partial charge >= 0.3 is 12.0 Å². The first kappa shape index (κ1) is 22.7. The largest absolute Gasteiger partial charge is 0.451 e. The minimum atomic E-state index is -0.933. The number of aromatic nitrogens is 1. The number of carbonyl (C=O) groups excluding carboxylic acids is 3. The number of nitrogens with one attached hydrogen (secondary N) is 2. The molecule has 0 saturated heterocycles. The number of rotatable bonds is 8. The van der Waals surface area contributed by atoms with E-state index in [2.05, 4.69) is 30.3 Å². The Hall–Kier alpha value is -3.34. The highest BCUT2D eigenvalue weighted by Gasteiger charge is 2.16. The molecule has 0 aliphatic heterocycles. The third kappa shape index (κ3) is 6.76. The smallest absolute Gasteiger partial charge is 0.349 e. The third-order valence-electron chi connectivity index (χ3n) is 3.79. The summed E-state index contributed by atoms with van der Waals surface area (Å²) in [6.45, 7) is 11.9. The summed E-state index contributed by atoms with van der Waals surface area (Å²) < 4.78 is 6.94. The van der Waals surface area contributed by atoms with Gasteiger partial charge in [0.1, 0.15) is 11.6 Å². The number of nitriles is 1. The highest BCUT2D eigenvalue weighted by atomic mass is 16.5. The van der Waals surface area contributed by atoms with E-state index in [4.69, 9.17) is 4.74 Å². The fraction of sp³-hybridized carbons (Fsp3) is 0.400. The van der Waals surface area contributed by atoms with Crippen LogP contribution in [0.5, 0.6) is 0 Å². The molecule has 0 saturated carbocycles. The van der Waals surface area contributed by atoms with Crippen LogP contribution in [0.3, 0.4) is 0 Å². The van der Waals surface area contributed by atoms with E-state index in [0.29, 0.717) is 5.92 Å². The molecule has 3 amide bonds. The fourth-order valence-electron chi connectivity index (χ4n) is 2.49. The van der Waals surface area contributed by atoms with Crippen LogP contribution in [0.1, 0.15) is 30.8 Å². The van der Waals surface area contributed by atoms with Crippen molar-refractivity contribution < 1.29 is 19.1 Å². The van der Waals surface area contributed by atoms with Gasteiger partial charge in [-0.05, 0) is 37.5 Å². The van der Waals surface area contributed by atoms with E-state index in [0.717, 1.165) is 23.5 Å². The van der Waals surface area contributed by atoms with Crippen LogP contribution in [0.2, 0.25) is 0 Å². The van der Waals surface area contributed by atoms with Crippen LogP contribution >= 0.6 is 0 Å². The number of carbonyl (C=O) groups is 3. The van der Waals surface area contributed by atoms with Gasteiger partial charge in [-0.2, -0.15) is 5.26 Å². The number of imide groups is 1. The molecular formula is C20H26N4O4. The summed E-state index contributed by atoms with van der Waals surface area (Å²) in [5, 5.41) is 13.6. The zero-order chi connectivity index (χ0) is 21.3. The van der Waals surface area contributed by atoms with Gasteiger partial charge in [0.15, 0.2) is 6.61 Å². The lowest BCUT2D eigenvalue weighted by atomic mass is 10.1. The first-order valence-electron chi connectivity index (χ1n) is 8.83. The Labute approximate surface area is 164 Å². The van der Waals surface area contributed by atoms with Crippen LogP contribution < -0.4 is 10.6 Å². The van der Waals surface area contributed by atoms with Crippen LogP contribution in [0.4, 0.5) is 4.79 Å². The molecule has 0 bridgehead atoms. The van der Waals surface area contributed by atoms with Gasteiger partial charge < -0.3 is 14.6 Å². The summed E-state index contributed by atoms with van der Waals surface area (Å²) in [6, 6.07) is 2.96. The Kier molecular flexibility index (Phi) is 8.69. The standard InChI is InChI=1S/C20H26N4O4/c1-6-7-22-20(27)23-18(25)12-28-19(26)17(10-21)9-16-8-14(4)24(15(16)5)11-13(2)3/h6,8-9,13H,1,7,11-12H2,2-5H3,(H2,22,23,25,27). The molecule has 2 N–H and O–H groups in total. The van der Waals surface area contributed by atoms with Gasteiger partial charge in [0, 0.05) is 24.5 Å². The monoisotopic (exact) mass is 386 g/mol. The lowest BCUT2D eigenvalue weighted by Gasteiger charge is -2.12. The topological polar surface area (TPSA) is 113 Å². The highest BCUT2D eigenvalue weighted by molar-refractivity contribution is 6.00. The number of esters is 1. The van der Waals surface area contributed by atoms with Gasteiger partial charge in [-0.25, -0.2) is 9.59 Å². The van der Waals surface area contributed by atoms with Crippen LogP contribution in [0.15, 0.2) is 24.3 Å². The zero-order valence-electron chi connectivity index (χ0n) is 16.7. The number of hydrogen-bond donors (Lipinski definition) is 2. The Balaban J connectivity index is 2.79. The molecule has 0 aliphatic carbocycles. The predicted octanol–water partition coefficient (Wildman–Crippen LogP) is 2.22. The molecule has 0 radical (unpaired) electrons. The summed E-state index contributed by atoms with van der Waals surface area (Å²) in [7, 11) is 0. The average molecular weight is 386 g/mol. The number of aryl methyl sites for hydroxylation is 1. The van der Waals surface area contributed by atoms with E-state index in [9.17, 15) is 19.6 Å². The van der Waals surface area contributed by atoms with Gasteiger partial charge in [0.2, 0.25) is 0 Å². The predicted molar refractivity (Wildman–Crippen MR) is 105 cm³/mol.